The molecule has 2 fully saturated rings. The second-order valence-electron chi connectivity index (χ2n) is 8.51. The summed E-state index contributed by atoms with van der Waals surface area (Å²) < 4.78 is 7.99. The summed E-state index contributed by atoms with van der Waals surface area (Å²) in [6.45, 7) is 5.06. The highest BCUT2D eigenvalue weighted by molar-refractivity contribution is 5.94. The van der Waals surface area contributed by atoms with Gasteiger partial charge in [-0.15, -0.1) is 0 Å². The highest BCUT2D eigenvalue weighted by Crippen LogP contribution is 2.40. The van der Waals surface area contributed by atoms with E-state index in [4.69, 9.17) is 4.74 Å². The Balaban J connectivity index is 1.46. The number of hydrogen-bond donors (Lipinski definition) is 2. The van der Waals surface area contributed by atoms with E-state index in [2.05, 4.69) is 5.32 Å². The zero-order valence-corrected chi connectivity index (χ0v) is 17.1. The monoisotopic (exact) mass is 399 g/mol. The van der Waals surface area contributed by atoms with E-state index in [1.54, 1.807) is 6.92 Å². The summed E-state index contributed by atoms with van der Waals surface area (Å²) in [5.74, 6) is -0.0553. The molecule has 0 radical (unpaired) electrons. The van der Waals surface area contributed by atoms with Crippen LogP contribution in [0.15, 0.2) is 36.5 Å². The van der Waals surface area contributed by atoms with Crippen LogP contribution in [0, 0.1) is 0 Å². The molecule has 2 aliphatic heterocycles. The zero-order valence-electron chi connectivity index (χ0n) is 17.1. The molecule has 0 aromatic carbocycles. The van der Waals surface area contributed by atoms with Gasteiger partial charge in [0, 0.05) is 37.6 Å². The van der Waals surface area contributed by atoms with E-state index in [0.717, 1.165) is 5.52 Å². The molecule has 2 aliphatic rings. The second kappa shape index (κ2) is 7.46. The molecule has 2 N–H and O–H groups in total. The van der Waals surface area contributed by atoms with Crippen molar-refractivity contribution < 1.29 is 19.4 Å². The molecule has 2 aromatic heterocycles. The van der Waals surface area contributed by atoms with Gasteiger partial charge in [-0.3, -0.25) is 9.59 Å². The molecule has 2 saturated heterocycles. The van der Waals surface area contributed by atoms with Gasteiger partial charge in [-0.2, -0.15) is 0 Å². The Labute approximate surface area is 170 Å². The van der Waals surface area contributed by atoms with Crippen molar-refractivity contribution >= 4 is 17.3 Å². The van der Waals surface area contributed by atoms with Gasteiger partial charge in [0.15, 0.2) is 0 Å². The fourth-order valence-corrected chi connectivity index (χ4v) is 4.64. The number of nitrogens with zero attached hydrogens (tertiary/aromatic N) is 2. The lowest BCUT2D eigenvalue weighted by Gasteiger charge is -2.52. The van der Waals surface area contributed by atoms with Gasteiger partial charge in [0.25, 0.3) is 5.91 Å². The van der Waals surface area contributed by atoms with Crippen LogP contribution in [0.1, 0.15) is 50.0 Å². The molecule has 4 heterocycles. The topological polar surface area (TPSA) is 83.3 Å². The minimum atomic E-state index is -0.740. The number of carbonyl (C=O) groups excluding carboxylic acids is 2. The Hall–Kier alpha value is -2.38. The van der Waals surface area contributed by atoms with Gasteiger partial charge in [0.05, 0.1) is 17.7 Å². The number of likely N-dealkylation sites (tertiary alicyclic amines) is 1. The first kappa shape index (κ1) is 19.9. The molecule has 1 spiro atoms. The minimum absolute atomic E-state index is 0.0175. The van der Waals surface area contributed by atoms with E-state index in [-0.39, 0.29) is 18.4 Å². The van der Waals surface area contributed by atoms with Gasteiger partial charge >= 0.3 is 0 Å². The third kappa shape index (κ3) is 3.65. The van der Waals surface area contributed by atoms with Crippen molar-refractivity contribution in [2.24, 2.45) is 0 Å². The number of pyridine rings is 1. The Morgan fingerprint density at radius 3 is 2.72 bits per heavy atom. The van der Waals surface area contributed by atoms with Crippen LogP contribution in [0.25, 0.3) is 5.52 Å². The number of hydrogen-bond acceptors (Lipinski definition) is 4. The number of piperidine rings is 1. The highest BCUT2D eigenvalue weighted by Gasteiger charge is 2.50. The van der Waals surface area contributed by atoms with Gasteiger partial charge in [0.2, 0.25) is 5.91 Å². The normalized spacial score (nSPS) is 26.6. The first-order valence-electron chi connectivity index (χ1n) is 10.3. The Morgan fingerprint density at radius 2 is 2.00 bits per heavy atom. The van der Waals surface area contributed by atoms with E-state index in [1.807, 2.05) is 52.8 Å². The van der Waals surface area contributed by atoms with Gasteiger partial charge in [0.1, 0.15) is 11.8 Å². The first-order valence-corrected chi connectivity index (χ1v) is 10.3. The van der Waals surface area contributed by atoms with Crippen LogP contribution in [0.4, 0.5) is 0 Å². The maximum atomic E-state index is 13.1. The number of ether oxygens (including phenoxy) is 1. The fourth-order valence-electron chi connectivity index (χ4n) is 4.64. The SMILES string of the molecule is CCC(=O)N[C@]1(C)CC2(CCN(C(=O)c3ccc4ccccn34)CC2)OC[C@H]1O. The Bertz CT molecular complexity index is 916. The average molecular weight is 399 g/mol. The van der Waals surface area contributed by atoms with Gasteiger partial charge in [-0.05, 0) is 44.0 Å². The third-order valence-electron chi connectivity index (χ3n) is 6.46. The van der Waals surface area contributed by atoms with Crippen LogP contribution >= 0.6 is 0 Å². The molecule has 0 saturated carbocycles. The summed E-state index contributed by atoms with van der Waals surface area (Å²) in [6, 6.07) is 9.67. The molecular weight excluding hydrogens is 370 g/mol. The minimum Gasteiger partial charge on any atom is -0.388 e. The lowest BCUT2D eigenvalue weighted by Crippen LogP contribution is -2.65. The number of aliphatic hydroxyl groups excluding tert-OH is 1. The van der Waals surface area contributed by atoms with Crippen molar-refractivity contribution in [1.29, 1.82) is 0 Å². The Morgan fingerprint density at radius 1 is 1.24 bits per heavy atom. The molecule has 0 bridgehead atoms. The van der Waals surface area contributed by atoms with E-state index in [1.165, 1.54) is 0 Å². The average Bonchev–Trinajstić information content (AvgIpc) is 3.15. The molecule has 156 valence electrons. The molecule has 2 atom stereocenters. The predicted molar refractivity (Wildman–Crippen MR) is 109 cm³/mol. The van der Waals surface area contributed by atoms with E-state index >= 15 is 0 Å². The van der Waals surface area contributed by atoms with Crippen LogP contribution in [-0.4, -0.2) is 63.2 Å². The molecule has 2 amide bonds. The number of aliphatic hydroxyl groups is 1. The van der Waals surface area contributed by atoms with Crippen LogP contribution in [-0.2, 0) is 9.53 Å². The molecule has 7 nitrogen and oxygen atoms in total. The first-order chi connectivity index (χ1) is 13.9. The van der Waals surface area contributed by atoms with Crippen LogP contribution in [0.2, 0.25) is 0 Å². The lowest BCUT2D eigenvalue weighted by atomic mass is 9.74. The van der Waals surface area contributed by atoms with Gasteiger partial charge in [-0.25, -0.2) is 0 Å². The molecule has 7 heteroatoms. The van der Waals surface area contributed by atoms with Gasteiger partial charge in [-0.1, -0.05) is 13.0 Å². The smallest absolute Gasteiger partial charge is 0.270 e. The van der Waals surface area contributed by atoms with Crippen molar-refractivity contribution in [2.75, 3.05) is 19.7 Å². The molecule has 4 rings (SSSR count). The highest BCUT2D eigenvalue weighted by atomic mass is 16.5. The van der Waals surface area contributed by atoms with Crippen LogP contribution < -0.4 is 5.32 Å². The van der Waals surface area contributed by atoms with Crippen LogP contribution in [0.5, 0.6) is 0 Å². The standard InChI is InChI=1S/C22H29N3O4/c1-3-19(27)23-21(2)15-22(29-14-18(21)26)9-12-24(13-10-22)20(28)17-8-7-16-6-4-5-11-25(16)17/h4-8,11,18,26H,3,9-10,12-15H2,1-2H3,(H,23,27)/t18-,21-/m1/s1. The van der Waals surface area contributed by atoms with Crippen molar-refractivity contribution in [3.05, 3.63) is 42.2 Å². The lowest BCUT2D eigenvalue weighted by molar-refractivity contribution is -0.179. The molecule has 2 aromatic rings. The number of amides is 2. The van der Waals surface area contributed by atoms with Crippen molar-refractivity contribution in [3.8, 4) is 0 Å². The summed E-state index contributed by atoms with van der Waals surface area (Å²) in [5.41, 5.74) is 0.523. The summed E-state index contributed by atoms with van der Waals surface area (Å²) in [7, 11) is 0. The summed E-state index contributed by atoms with van der Waals surface area (Å²) >= 11 is 0. The number of nitrogens with one attached hydrogen (secondary N) is 1. The van der Waals surface area contributed by atoms with Crippen molar-refractivity contribution in [1.82, 2.24) is 14.6 Å². The van der Waals surface area contributed by atoms with E-state index < -0.39 is 17.2 Å². The number of carbonyl (C=O) groups is 2. The summed E-state index contributed by atoms with van der Waals surface area (Å²) in [4.78, 5) is 26.9. The van der Waals surface area contributed by atoms with Crippen molar-refractivity contribution in [3.63, 3.8) is 0 Å². The van der Waals surface area contributed by atoms with Gasteiger partial charge < -0.3 is 24.5 Å². The number of aromatic nitrogens is 1. The zero-order chi connectivity index (χ0) is 20.6. The summed E-state index contributed by atoms with van der Waals surface area (Å²) in [6.07, 6.45) is 3.46. The Kier molecular flexibility index (Phi) is 5.12. The second-order valence-corrected chi connectivity index (χ2v) is 8.51. The maximum Gasteiger partial charge on any atom is 0.270 e. The third-order valence-corrected chi connectivity index (χ3v) is 6.46. The molecular formula is C22H29N3O4. The summed E-state index contributed by atoms with van der Waals surface area (Å²) in [5, 5.41) is 13.4. The quantitative estimate of drug-likeness (QED) is 0.827. The van der Waals surface area contributed by atoms with E-state index in [9.17, 15) is 14.7 Å². The molecule has 0 aliphatic carbocycles. The van der Waals surface area contributed by atoms with Crippen molar-refractivity contribution in [2.45, 2.75) is 56.8 Å². The van der Waals surface area contributed by atoms with E-state index in [0.29, 0.717) is 44.5 Å². The molecule has 29 heavy (non-hydrogen) atoms. The van der Waals surface area contributed by atoms with Crippen LogP contribution in [0.3, 0.4) is 0 Å². The predicted octanol–water partition coefficient (Wildman–Crippen LogP) is 1.98. The molecule has 0 unspecified atom stereocenters. The number of rotatable bonds is 3. The maximum absolute atomic E-state index is 13.1. The fraction of sp³-hybridized carbons (Fsp3) is 0.545. The largest absolute Gasteiger partial charge is 0.388 e. The number of fused-ring (bicyclic) bond motifs is 1.